The molecule has 7 heteroatoms. The van der Waals surface area contributed by atoms with E-state index in [1.807, 2.05) is 48.5 Å². The second-order valence-electron chi connectivity index (χ2n) is 7.26. The van der Waals surface area contributed by atoms with Gasteiger partial charge in [0.25, 0.3) is 5.91 Å². The molecule has 1 amide bonds. The number of hydrogen-bond acceptors (Lipinski definition) is 6. The summed E-state index contributed by atoms with van der Waals surface area (Å²) in [5.41, 5.74) is 2.97. The number of carbonyl (C=O) groups excluding carboxylic acids is 1. The van der Waals surface area contributed by atoms with Crippen molar-refractivity contribution in [3.63, 3.8) is 0 Å². The third-order valence-corrected chi connectivity index (χ3v) is 4.90. The molecule has 0 atom stereocenters. The van der Waals surface area contributed by atoms with Gasteiger partial charge >= 0.3 is 0 Å². The molecule has 0 unspecified atom stereocenters. The van der Waals surface area contributed by atoms with Gasteiger partial charge in [-0.15, -0.1) is 0 Å². The summed E-state index contributed by atoms with van der Waals surface area (Å²) < 4.78 is 11.1. The Bertz CT molecular complexity index is 1160. The van der Waals surface area contributed by atoms with E-state index in [0.717, 1.165) is 29.7 Å². The number of rotatable bonds is 9. The van der Waals surface area contributed by atoms with Crippen molar-refractivity contribution in [1.29, 1.82) is 0 Å². The Kier molecular flexibility index (Phi) is 6.87. The van der Waals surface area contributed by atoms with Gasteiger partial charge in [-0.2, -0.15) is 4.98 Å². The predicted octanol–water partition coefficient (Wildman–Crippen LogP) is 5.15. The Morgan fingerprint density at radius 3 is 2.59 bits per heavy atom. The van der Waals surface area contributed by atoms with Gasteiger partial charge in [-0.1, -0.05) is 36.7 Å². The van der Waals surface area contributed by atoms with Crippen molar-refractivity contribution in [2.24, 2.45) is 0 Å². The fraction of sp³-hybridized carbons (Fsp3) is 0.200. The number of benzene rings is 2. The zero-order valence-electron chi connectivity index (χ0n) is 17.8. The summed E-state index contributed by atoms with van der Waals surface area (Å²) in [6, 6.07) is 18.4. The van der Waals surface area contributed by atoms with Crippen LogP contribution in [0, 0.1) is 0 Å². The van der Waals surface area contributed by atoms with E-state index < -0.39 is 0 Å². The molecular weight excluding hydrogens is 404 g/mol. The van der Waals surface area contributed by atoms with Gasteiger partial charge in [0.05, 0.1) is 13.0 Å². The van der Waals surface area contributed by atoms with Crippen LogP contribution in [0.1, 0.15) is 41.6 Å². The van der Waals surface area contributed by atoms with Crippen LogP contribution in [0.2, 0.25) is 0 Å². The number of nitrogens with one attached hydrogen (secondary N) is 1. The zero-order valence-corrected chi connectivity index (χ0v) is 17.8. The maximum atomic E-state index is 12.8. The highest BCUT2D eigenvalue weighted by Crippen LogP contribution is 2.22. The number of para-hydroxylation sites is 1. The summed E-state index contributed by atoms with van der Waals surface area (Å²) in [6.45, 7) is 2.79. The smallest absolute Gasteiger partial charge is 0.255 e. The minimum Gasteiger partial charge on any atom is -0.494 e. The van der Waals surface area contributed by atoms with Gasteiger partial charge in [0.2, 0.25) is 11.7 Å². The van der Waals surface area contributed by atoms with Crippen molar-refractivity contribution >= 4 is 11.6 Å². The predicted molar refractivity (Wildman–Crippen MR) is 122 cm³/mol. The SMILES string of the molecule is CCCCOc1ccc(C(=O)Nc2ccccc2Cc2nc(-c3ccncc3)no2)cc1. The van der Waals surface area contributed by atoms with E-state index in [1.54, 1.807) is 24.5 Å². The van der Waals surface area contributed by atoms with Gasteiger partial charge in [0.15, 0.2) is 0 Å². The first kappa shape index (κ1) is 21.2. The topological polar surface area (TPSA) is 90.1 Å². The van der Waals surface area contributed by atoms with Crippen LogP contribution in [0.4, 0.5) is 5.69 Å². The molecule has 0 saturated heterocycles. The molecule has 162 valence electrons. The number of pyridine rings is 1. The lowest BCUT2D eigenvalue weighted by Gasteiger charge is -2.10. The molecule has 4 aromatic rings. The standard InChI is InChI=1S/C25H24N4O3/c1-2-3-16-31-21-10-8-19(9-11-21)25(30)27-22-7-5-4-6-20(22)17-23-28-24(29-32-23)18-12-14-26-15-13-18/h4-15H,2-3,16-17H2,1H3,(H,27,30). The summed E-state index contributed by atoms with van der Waals surface area (Å²) in [5.74, 6) is 1.54. The molecule has 2 aromatic carbocycles. The van der Waals surface area contributed by atoms with Gasteiger partial charge < -0.3 is 14.6 Å². The molecule has 0 spiro atoms. The van der Waals surface area contributed by atoms with E-state index in [1.165, 1.54) is 0 Å². The van der Waals surface area contributed by atoms with E-state index in [2.05, 4.69) is 27.4 Å². The van der Waals surface area contributed by atoms with Crippen LogP contribution in [0.25, 0.3) is 11.4 Å². The third-order valence-electron chi connectivity index (χ3n) is 4.90. The van der Waals surface area contributed by atoms with E-state index in [-0.39, 0.29) is 5.91 Å². The van der Waals surface area contributed by atoms with Crippen LogP contribution in [-0.2, 0) is 6.42 Å². The number of anilines is 1. The van der Waals surface area contributed by atoms with Crippen molar-refractivity contribution in [2.45, 2.75) is 26.2 Å². The van der Waals surface area contributed by atoms with E-state index in [9.17, 15) is 4.79 Å². The molecule has 0 fully saturated rings. The van der Waals surface area contributed by atoms with Crippen molar-refractivity contribution in [1.82, 2.24) is 15.1 Å². The molecule has 2 heterocycles. The number of aromatic nitrogens is 3. The first-order valence-electron chi connectivity index (χ1n) is 10.6. The molecule has 32 heavy (non-hydrogen) atoms. The molecule has 2 aromatic heterocycles. The maximum Gasteiger partial charge on any atom is 0.255 e. The van der Waals surface area contributed by atoms with E-state index in [4.69, 9.17) is 9.26 Å². The maximum absolute atomic E-state index is 12.8. The van der Waals surface area contributed by atoms with Crippen molar-refractivity contribution in [2.75, 3.05) is 11.9 Å². The normalized spacial score (nSPS) is 10.7. The highest BCUT2D eigenvalue weighted by Gasteiger charge is 2.13. The Morgan fingerprint density at radius 2 is 1.81 bits per heavy atom. The van der Waals surface area contributed by atoms with Gasteiger partial charge in [-0.05, 0) is 54.4 Å². The number of unbranched alkanes of at least 4 members (excludes halogenated alkanes) is 1. The minimum atomic E-state index is -0.194. The molecule has 0 aliphatic heterocycles. The highest BCUT2D eigenvalue weighted by molar-refractivity contribution is 6.04. The zero-order chi connectivity index (χ0) is 22.2. The second-order valence-corrected chi connectivity index (χ2v) is 7.26. The highest BCUT2D eigenvalue weighted by atomic mass is 16.5. The molecular formula is C25H24N4O3. The average molecular weight is 428 g/mol. The summed E-state index contributed by atoms with van der Waals surface area (Å²) in [7, 11) is 0. The molecule has 0 bridgehead atoms. The molecule has 0 aliphatic carbocycles. The average Bonchev–Trinajstić information content (AvgIpc) is 3.30. The van der Waals surface area contributed by atoms with Gasteiger partial charge in [-0.25, -0.2) is 0 Å². The Labute approximate surface area is 186 Å². The van der Waals surface area contributed by atoms with Crippen LogP contribution in [-0.4, -0.2) is 27.6 Å². The molecule has 4 rings (SSSR count). The Hall–Kier alpha value is -4.00. The Morgan fingerprint density at radius 1 is 1.03 bits per heavy atom. The lowest BCUT2D eigenvalue weighted by Crippen LogP contribution is -2.13. The molecule has 1 N–H and O–H groups in total. The fourth-order valence-corrected chi connectivity index (χ4v) is 3.14. The number of ether oxygens (including phenoxy) is 1. The monoisotopic (exact) mass is 428 g/mol. The number of amides is 1. The summed E-state index contributed by atoms with van der Waals surface area (Å²) in [6.07, 6.45) is 5.84. The molecule has 0 radical (unpaired) electrons. The van der Waals surface area contributed by atoms with Crippen LogP contribution in [0.3, 0.4) is 0 Å². The Balaban J connectivity index is 1.43. The minimum absolute atomic E-state index is 0.194. The van der Waals surface area contributed by atoms with Gasteiger partial charge in [-0.3, -0.25) is 9.78 Å². The third kappa shape index (κ3) is 5.37. The van der Waals surface area contributed by atoms with Crippen LogP contribution >= 0.6 is 0 Å². The van der Waals surface area contributed by atoms with Crippen molar-refractivity contribution in [3.8, 4) is 17.1 Å². The van der Waals surface area contributed by atoms with Crippen molar-refractivity contribution in [3.05, 3.63) is 90.1 Å². The molecule has 7 nitrogen and oxygen atoms in total. The molecule has 0 aliphatic rings. The number of carbonyl (C=O) groups is 1. The largest absolute Gasteiger partial charge is 0.494 e. The van der Waals surface area contributed by atoms with Gasteiger partial charge in [0.1, 0.15) is 5.75 Å². The van der Waals surface area contributed by atoms with Crippen LogP contribution in [0.5, 0.6) is 5.75 Å². The van der Waals surface area contributed by atoms with Crippen LogP contribution in [0.15, 0.2) is 77.6 Å². The second kappa shape index (κ2) is 10.3. The lowest BCUT2D eigenvalue weighted by molar-refractivity contribution is 0.102. The first-order chi connectivity index (χ1) is 15.7. The summed E-state index contributed by atoms with van der Waals surface area (Å²) >= 11 is 0. The fourth-order valence-electron chi connectivity index (χ4n) is 3.14. The van der Waals surface area contributed by atoms with Gasteiger partial charge in [0, 0.05) is 29.2 Å². The number of nitrogens with zero attached hydrogens (tertiary/aromatic N) is 3. The van der Waals surface area contributed by atoms with Crippen LogP contribution < -0.4 is 10.1 Å². The summed E-state index contributed by atoms with van der Waals surface area (Å²) in [5, 5.41) is 7.02. The number of hydrogen-bond donors (Lipinski definition) is 1. The van der Waals surface area contributed by atoms with E-state index in [0.29, 0.717) is 36.0 Å². The van der Waals surface area contributed by atoms with E-state index >= 15 is 0 Å². The lowest BCUT2D eigenvalue weighted by atomic mass is 10.1. The van der Waals surface area contributed by atoms with Crippen molar-refractivity contribution < 1.29 is 14.1 Å². The summed E-state index contributed by atoms with van der Waals surface area (Å²) in [4.78, 5) is 21.2. The quantitative estimate of drug-likeness (QED) is 0.371. The molecule has 0 saturated carbocycles. The first-order valence-corrected chi connectivity index (χ1v) is 10.6.